The first kappa shape index (κ1) is 31.1. The van der Waals surface area contributed by atoms with Crippen molar-refractivity contribution in [2.24, 2.45) is 46.3 Å². The van der Waals surface area contributed by atoms with E-state index in [-0.39, 0.29) is 26.4 Å². The van der Waals surface area contributed by atoms with E-state index in [1.807, 2.05) is 0 Å². The van der Waals surface area contributed by atoms with Crippen LogP contribution in [-0.4, -0.2) is 18.1 Å². The number of rotatable bonds is 8. The first-order valence-electron chi connectivity index (χ1n) is 13.8. The molecule has 4 rings (SSSR count). The highest BCUT2D eigenvalue weighted by Gasteiger charge is 2.59. The zero-order chi connectivity index (χ0) is 24.0. The normalized spacial score (nSPS) is 40.8. The Hall–Kier alpha value is -0.150. The lowest BCUT2D eigenvalue weighted by Crippen LogP contribution is -2.51. The van der Waals surface area contributed by atoms with Crippen molar-refractivity contribution in [3.63, 3.8) is 0 Å². The Morgan fingerprint density at radius 2 is 1.77 bits per heavy atom. The largest absolute Gasteiger partial charge is 0.472 e. The molecule has 206 valence electrons. The maximum Gasteiger partial charge on any atom is 0.472 e. The molecule has 0 aromatic rings. The molecule has 4 aliphatic rings. The SMILES string of the molecule is C.C.COP(=O)(O)OC1CC[C@]2(C)C(=CC[C@@H]3[C@H]4CC[C@@H]([C@@H](C)CCCC(C)C)[C@]4(C)CC[C@H]32)C1. The van der Waals surface area contributed by atoms with Gasteiger partial charge in [0, 0.05) is 7.11 Å². The van der Waals surface area contributed by atoms with Crippen molar-refractivity contribution in [1.82, 2.24) is 0 Å². The first-order valence-corrected chi connectivity index (χ1v) is 15.3. The van der Waals surface area contributed by atoms with Crippen molar-refractivity contribution in [2.45, 2.75) is 126 Å². The van der Waals surface area contributed by atoms with Crippen LogP contribution in [0.1, 0.15) is 120 Å². The lowest BCUT2D eigenvalue weighted by atomic mass is 9.47. The predicted octanol–water partition coefficient (Wildman–Crippen LogP) is 9.43. The van der Waals surface area contributed by atoms with Crippen molar-refractivity contribution in [3.05, 3.63) is 11.6 Å². The van der Waals surface area contributed by atoms with Gasteiger partial charge in [0.15, 0.2) is 0 Å². The molecule has 0 radical (unpaired) electrons. The van der Waals surface area contributed by atoms with Crippen LogP contribution in [0.4, 0.5) is 0 Å². The second kappa shape index (κ2) is 11.7. The van der Waals surface area contributed by atoms with Gasteiger partial charge in [-0.2, -0.15) is 0 Å². The summed E-state index contributed by atoms with van der Waals surface area (Å²) >= 11 is 0. The molecule has 4 aliphatic carbocycles. The van der Waals surface area contributed by atoms with E-state index in [1.165, 1.54) is 64.0 Å². The van der Waals surface area contributed by atoms with Gasteiger partial charge in [0.25, 0.3) is 0 Å². The summed E-state index contributed by atoms with van der Waals surface area (Å²) < 4.78 is 22.1. The fourth-order valence-electron chi connectivity index (χ4n) is 8.97. The highest BCUT2D eigenvalue weighted by molar-refractivity contribution is 7.47. The van der Waals surface area contributed by atoms with Crippen LogP contribution in [0.15, 0.2) is 11.6 Å². The molecule has 3 saturated carbocycles. The first-order chi connectivity index (χ1) is 15.5. The van der Waals surface area contributed by atoms with Crippen LogP contribution in [0.5, 0.6) is 0 Å². The number of phosphoric ester groups is 1. The van der Waals surface area contributed by atoms with Gasteiger partial charge in [0.2, 0.25) is 0 Å². The van der Waals surface area contributed by atoms with Gasteiger partial charge in [-0.15, -0.1) is 0 Å². The van der Waals surface area contributed by atoms with E-state index < -0.39 is 7.82 Å². The summed E-state index contributed by atoms with van der Waals surface area (Å²) in [6.07, 6.45) is 15.9. The number of fused-ring (bicyclic) bond motifs is 5. The van der Waals surface area contributed by atoms with Gasteiger partial charge in [-0.25, -0.2) is 4.57 Å². The molecule has 0 heterocycles. The molecule has 9 atom stereocenters. The number of hydrogen-bond donors (Lipinski definition) is 1. The molecule has 35 heavy (non-hydrogen) atoms. The van der Waals surface area contributed by atoms with Gasteiger partial charge in [0.1, 0.15) is 0 Å². The number of hydrogen-bond acceptors (Lipinski definition) is 3. The van der Waals surface area contributed by atoms with E-state index >= 15 is 0 Å². The van der Waals surface area contributed by atoms with Crippen molar-refractivity contribution in [1.29, 1.82) is 0 Å². The average Bonchev–Trinajstić information content (AvgIpc) is 3.11. The van der Waals surface area contributed by atoms with E-state index in [2.05, 4.69) is 45.2 Å². The Balaban J connectivity index is 0.00000216. The Bertz CT molecular complexity index is 778. The zero-order valence-electron chi connectivity index (χ0n) is 22.0. The monoisotopic (exact) mass is 512 g/mol. The van der Waals surface area contributed by atoms with Crippen LogP contribution in [0, 0.1) is 46.3 Å². The van der Waals surface area contributed by atoms with Crippen LogP contribution in [0.2, 0.25) is 0 Å². The number of phosphoric acid groups is 1. The van der Waals surface area contributed by atoms with E-state index in [9.17, 15) is 9.46 Å². The molecule has 5 heteroatoms. The van der Waals surface area contributed by atoms with Crippen molar-refractivity contribution < 1.29 is 18.5 Å². The van der Waals surface area contributed by atoms with Gasteiger partial charge in [-0.05, 0) is 97.7 Å². The fraction of sp³-hybridized carbons (Fsp3) is 0.933. The fourth-order valence-corrected chi connectivity index (χ4v) is 9.62. The quantitative estimate of drug-likeness (QED) is 0.260. The molecule has 0 amide bonds. The second-order valence-electron chi connectivity index (χ2n) is 12.9. The molecule has 0 bridgehead atoms. The maximum absolute atomic E-state index is 12.0. The molecule has 1 N–H and O–H groups in total. The zero-order valence-corrected chi connectivity index (χ0v) is 22.9. The molecule has 0 saturated heterocycles. The van der Waals surface area contributed by atoms with Gasteiger partial charge in [-0.3, -0.25) is 9.05 Å². The van der Waals surface area contributed by atoms with Gasteiger partial charge < -0.3 is 4.89 Å². The van der Waals surface area contributed by atoms with Gasteiger partial charge in [-0.1, -0.05) is 80.4 Å². The summed E-state index contributed by atoms with van der Waals surface area (Å²) in [6.45, 7) is 12.4. The van der Waals surface area contributed by atoms with Crippen LogP contribution >= 0.6 is 7.82 Å². The van der Waals surface area contributed by atoms with E-state index in [0.717, 1.165) is 54.8 Å². The van der Waals surface area contributed by atoms with E-state index in [0.29, 0.717) is 5.41 Å². The Labute approximate surface area is 217 Å². The molecule has 0 aromatic carbocycles. The summed E-state index contributed by atoms with van der Waals surface area (Å²) in [7, 11) is -2.67. The standard InChI is InChI=1S/C28H49O4P.2CH4/c1-19(2)8-7-9-20(3)24-12-13-25-23-11-10-21-18-22(32-33(29,30)31-6)14-16-27(21,4)26(23)15-17-28(24,25)5;;/h10,19-20,22-26H,7-9,11-18H2,1-6H3,(H,29,30);2*1H4/t20-,22?,23+,24-,25+,26+,27+,28-;;/m0../s1. The summed E-state index contributed by atoms with van der Waals surface area (Å²) in [4.78, 5) is 9.80. The minimum atomic E-state index is -3.92. The van der Waals surface area contributed by atoms with E-state index in [1.54, 1.807) is 0 Å². The smallest absolute Gasteiger partial charge is 0.302 e. The van der Waals surface area contributed by atoms with E-state index in [4.69, 9.17) is 4.52 Å². The molecule has 2 unspecified atom stereocenters. The highest BCUT2D eigenvalue weighted by Crippen LogP contribution is 2.67. The number of allylic oxidation sites excluding steroid dienone is 1. The minimum Gasteiger partial charge on any atom is -0.302 e. The van der Waals surface area contributed by atoms with Crippen molar-refractivity contribution in [3.8, 4) is 0 Å². The Morgan fingerprint density at radius 1 is 1.06 bits per heavy atom. The predicted molar refractivity (Wildman–Crippen MR) is 148 cm³/mol. The van der Waals surface area contributed by atoms with Crippen LogP contribution in [0.3, 0.4) is 0 Å². The molecule has 0 spiro atoms. The lowest BCUT2D eigenvalue weighted by Gasteiger charge is -2.58. The Morgan fingerprint density at radius 3 is 2.43 bits per heavy atom. The van der Waals surface area contributed by atoms with Crippen LogP contribution in [-0.2, 0) is 13.6 Å². The van der Waals surface area contributed by atoms with Crippen molar-refractivity contribution >= 4 is 7.82 Å². The molecule has 3 fully saturated rings. The van der Waals surface area contributed by atoms with Gasteiger partial charge >= 0.3 is 7.82 Å². The van der Waals surface area contributed by atoms with Gasteiger partial charge in [0.05, 0.1) is 6.10 Å². The highest BCUT2D eigenvalue weighted by atomic mass is 31.2. The maximum atomic E-state index is 12.0. The summed E-state index contributed by atoms with van der Waals surface area (Å²) in [6, 6.07) is 0. The van der Waals surface area contributed by atoms with Crippen LogP contribution < -0.4 is 0 Å². The third-order valence-electron chi connectivity index (χ3n) is 10.8. The minimum absolute atomic E-state index is 0. The third-order valence-corrected chi connectivity index (χ3v) is 11.8. The summed E-state index contributed by atoms with van der Waals surface area (Å²) in [5, 5.41) is 0. The third kappa shape index (κ3) is 5.97. The molecule has 4 nitrogen and oxygen atoms in total. The molecule has 0 aromatic heterocycles. The summed E-state index contributed by atoms with van der Waals surface area (Å²) in [5.74, 6) is 5.00. The topological polar surface area (TPSA) is 55.8 Å². The van der Waals surface area contributed by atoms with Crippen LogP contribution in [0.25, 0.3) is 0 Å². The average molecular weight is 513 g/mol. The molecule has 0 aliphatic heterocycles. The second-order valence-corrected chi connectivity index (χ2v) is 14.4. The lowest BCUT2D eigenvalue weighted by molar-refractivity contribution is -0.0571. The molecular weight excluding hydrogens is 455 g/mol. The molecular formula is C30H57O4P. The van der Waals surface area contributed by atoms with Crippen molar-refractivity contribution in [2.75, 3.05) is 7.11 Å². The summed E-state index contributed by atoms with van der Waals surface area (Å²) in [5.41, 5.74) is 2.23. The Kier molecular flexibility index (Phi) is 10.4.